The minimum Gasteiger partial charge on any atom is -0.494 e. The van der Waals surface area contributed by atoms with Crippen molar-refractivity contribution in [3.8, 4) is 5.75 Å². The summed E-state index contributed by atoms with van der Waals surface area (Å²) in [6, 6.07) is 11.0. The fourth-order valence-corrected chi connectivity index (χ4v) is 2.21. The molecule has 0 aliphatic rings. The molecule has 4 heteroatoms. The van der Waals surface area contributed by atoms with E-state index in [1.807, 2.05) is 26.0 Å². The van der Waals surface area contributed by atoms with Crippen molar-refractivity contribution in [2.24, 2.45) is 0 Å². The second-order valence-electron chi connectivity index (χ2n) is 4.76. The SMILES string of the molecule is COc1c(N)cccc1C(=O)Nc1cc(C)cc(C)c1. The first-order valence-corrected chi connectivity index (χ1v) is 6.33. The van der Waals surface area contributed by atoms with Crippen molar-refractivity contribution in [2.45, 2.75) is 13.8 Å². The van der Waals surface area contributed by atoms with Gasteiger partial charge in [-0.3, -0.25) is 4.79 Å². The van der Waals surface area contributed by atoms with Crippen LogP contribution in [0.15, 0.2) is 36.4 Å². The normalized spacial score (nSPS) is 10.2. The molecular formula is C16H18N2O2. The number of benzene rings is 2. The number of para-hydroxylation sites is 1. The maximum Gasteiger partial charge on any atom is 0.259 e. The Morgan fingerprint density at radius 3 is 2.40 bits per heavy atom. The van der Waals surface area contributed by atoms with E-state index in [2.05, 4.69) is 11.4 Å². The summed E-state index contributed by atoms with van der Waals surface area (Å²) < 4.78 is 5.20. The van der Waals surface area contributed by atoms with Crippen LogP contribution in [-0.2, 0) is 0 Å². The number of nitrogen functional groups attached to an aromatic ring is 1. The van der Waals surface area contributed by atoms with Gasteiger partial charge in [-0.1, -0.05) is 12.1 Å². The highest BCUT2D eigenvalue weighted by Crippen LogP contribution is 2.26. The molecule has 0 atom stereocenters. The topological polar surface area (TPSA) is 64.3 Å². The molecule has 0 aromatic heterocycles. The predicted molar refractivity (Wildman–Crippen MR) is 81.3 cm³/mol. The summed E-state index contributed by atoms with van der Waals surface area (Å²) in [6.07, 6.45) is 0. The van der Waals surface area contributed by atoms with E-state index in [-0.39, 0.29) is 5.91 Å². The number of ether oxygens (including phenoxy) is 1. The van der Waals surface area contributed by atoms with E-state index < -0.39 is 0 Å². The number of carbonyl (C=O) groups is 1. The summed E-state index contributed by atoms with van der Waals surface area (Å²) >= 11 is 0. The van der Waals surface area contributed by atoms with Gasteiger partial charge in [0.05, 0.1) is 18.4 Å². The zero-order chi connectivity index (χ0) is 14.7. The monoisotopic (exact) mass is 270 g/mol. The third-order valence-electron chi connectivity index (χ3n) is 2.97. The first-order chi connectivity index (χ1) is 9.51. The molecule has 2 aromatic rings. The quantitative estimate of drug-likeness (QED) is 0.842. The Labute approximate surface area is 118 Å². The highest BCUT2D eigenvalue weighted by molar-refractivity contribution is 6.07. The van der Waals surface area contributed by atoms with Gasteiger partial charge in [-0.25, -0.2) is 0 Å². The van der Waals surface area contributed by atoms with E-state index >= 15 is 0 Å². The van der Waals surface area contributed by atoms with E-state index in [4.69, 9.17) is 10.5 Å². The van der Waals surface area contributed by atoms with E-state index in [1.165, 1.54) is 7.11 Å². The van der Waals surface area contributed by atoms with Crippen LogP contribution < -0.4 is 15.8 Å². The van der Waals surface area contributed by atoms with Gasteiger partial charge in [0.2, 0.25) is 0 Å². The summed E-state index contributed by atoms with van der Waals surface area (Å²) in [5.74, 6) is 0.161. The molecule has 0 aliphatic carbocycles. The molecule has 2 rings (SSSR count). The number of methoxy groups -OCH3 is 1. The fourth-order valence-electron chi connectivity index (χ4n) is 2.21. The van der Waals surface area contributed by atoms with Crippen LogP contribution in [-0.4, -0.2) is 13.0 Å². The first-order valence-electron chi connectivity index (χ1n) is 6.33. The first kappa shape index (κ1) is 13.9. The van der Waals surface area contributed by atoms with Gasteiger partial charge in [0.15, 0.2) is 5.75 Å². The van der Waals surface area contributed by atoms with Crippen LogP contribution in [0.25, 0.3) is 0 Å². The zero-order valence-corrected chi connectivity index (χ0v) is 11.9. The van der Waals surface area contributed by atoms with E-state index in [0.29, 0.717) is 17.0 Å². The number of hydrogen-bond donors (Lipinski definition) is 2. The smallest absolute Gasteiger partial charge is 0.259 e. The van der Waals surface area contributed by atoms with E-state index in [0.717, 1.165) is 16.8 Å². The summed E-state index contributed by atoms with van der Waals surface area (Å²) in [5, 5.41) is 2.87. The van der Waals surface area contributed by atoms with Gasteiger partial charge in [0.1, 0.15) is 0 Å². The molecule has 0 unspecified atom stereocenters. The lowest BCUT2D eigenvalue weighted by Crippen LogP contribution is -2.14. The number of amides is 1. The van der Waals surface area contributed by atoms with Crippen LogP contribution in [0, 0.1) is 13.8 Å². The van der Waals surface area contributed by atoms with Crippen molar-refractivity contribution in [3.63, 3.8) is 0 Å². The average Bonchev–Trinajstić information content (AvgIpc) is 2.37. The molecule has 1 amide bonds. The minimum atomic E-state index is -0.237. The molecule has 2 aromatic carbocycles. The Morgan fingerprint density at radius 1 is 1.15 bits per heavy atom. The summed E-state index contributed by atoms with van der Waals surface area (Å²) in [4.78, 5) is 12.3. The maximum absolute atomic E-state index is 12.3. The number of aryl methyl sites for hydroxylation is 2. The molecule has 20 heavy (non-hydrogen) atoms. The highest BCUT2D eigenvalue weighted by Gasteiger charge is 2.14. The molecule has 0 saturated heterocycles. The number of nitrogens with two attached hydrogens (primary N) is 1. The largest absolute Gasteiger partial charge is 0.494 e. The van der Waals surface area contributed by atoms with E-state index in [1.54, 1.807) is 18.2 Å². The molecular weight excluding hydrogens is 252 g/mol. The summed E-state index contributed by atoms with van der Waals surface area (Å²) in [7, 11) is 1.50. The average molecular weight is 270 g/mol. The Kier molecular flexibility index (Phi) is 3.94. The summed E-state index contributed by atoms with van der Waals surface area (Å²) in [6.45, 7) is 3.98. The maximum atomic E-state index is 12.3. The Hall–Kier alpha value is -2.49. The van der Waals surface area contributed by atoms with Gasteiger partial charge in [-0.05, 0) is 49.2 Å². The molecule has 3 N–H and O–H groups in total. The molecule has 4 nitrogen and oxygen atoms in total. The van der Waals surface area contributed by atoms with Crippen LogP contribution >= 0.6 is 0 Å². The molecule has 0 radical (unpaired) electrons. The van der Waals surface area contributed by atoms with Gasteiger partial charge in [-0.15, -0.1) is 0 Å². The number of anilines is 2. The molecule has 0 bridgehead atoms. The Morgan fingerprint density at radius 2 is 1.80 bits per heavy atom. The molecule has 0 spiro atoms. The Bertz CT molecular complexity index is 631. The fraction of sp³-hybridized carbons (Fsp3) is 0.188. The number of nitrogens with one attached hydrogen (secondary N) is 1. The summed E-state index contributed by atoms with van der Waals surface area (Å²) in [5.41, 5.74) is 9.63. The van der Waals surface area contributed by atoms with Gasteiger partial charge in [-0.2, -0.15) is 0 Å². The predicted octanol–water partition coefficient (Wildman–Crippen LogP) is 3.15. The van der Waals surface area contributed by atoms with Crippen LogP contribution in [0.4, 0.5) is 11.4 Å². The van der Waals surface area contributed by atoms with Gasteiger partial charge >= 0.3 is 0 Å². The van der Waals surface area contributed by atoms with Crippen molar-refractivity contribution in [3.05, 3.63) is 53.1 Å². The number of hydrogen-bond acceptors (Lipinski definition) is 3. The van der Waals surface area contributed by atoms with Crippen molar-refractivity contribution in [1.82, 2.24) is 0 Å². The standard InChI is InChI=1S/C16H18N2O2/c1-10-7-11(2)9-12(8-10)18-16(19)13-5-4-6-14(17)15(13)20-3/h4-9H,17H2,1-3H3,(H,18,19). The van der Waals surface area contributed by atoms with Crippen LogP contribution in [0.2, 0.25) is 0 Å². The van der Waals surface area contributed by atoms with Crippen LogP contribution in [0.5, 0.6) is 5.75 Å². The lowest BCUT2D eigenvalue weighted by molar-refractivity contribution is 0.102. The van der Waals surface area contributed by atoms with E-state index in [9.17, 15) is 4.79 Å². The van der Waals surface area contributed by atoms with Crippen molar-refractivity contribution >= 4 is 17.3 Å². The van der Waals surface area contributed by atoms with Crippen molar-refractivity contribution < 1.29 is 9.53 Å². The van der Waals surface area contributed by atoms with Crippen molar-refractivity contribution in [1.29, 1.82) is 0 Å². The van der Waals surface area contributed by atoms with Crippen LogP contribution in [0.1, 0.15) is 21.5 Å². The number of carbonyl (C=O) groups excluding carboxylic acids is 1. The van der Waals surface area contributed by atoms with Gasteiger partial charge in [0.25, 0.3) is 5.91 Å². The van der Waals surface area contributed by atoms with Gasteiger partial charge in [0, 0.05) is 5.69 Å². The van der Waals surface area contributed by atoms with Crippen molar-refractivity contribution in [2.75, 3.05) is 18.2 Å². The zero-order valence-electron chi connectivity index (χ0n) is 11.9. The van der Waals surface area contributed by atoms with Gasteiger partial charge < -0.3 is 15.8 Å². The third-order valence-corrected chi connectivity index (χ3v) is 2.97. The lowest BCUT2D eigenvalue weighted by Gasteiger charge is -2.12. The highest BCUT2D eigenvalue weighted by atomic mass is 16.5. The lowest BCUT2D eigenvalue weighted by atomic mass is 10.1. The number of rotatable bonds is 3. The second kappa shape index (κ2) is 5.65. The molecule has 104 valence electrons. The molecule has 0 saturated carbocycles. The second-order valence-corrected chi connectivity index (χ2v) is 4.76. The molecule has 0 fully saturated rings. The van der Waals surface area contributed by atoms with Crippen LogP contribution in [0.3, 0.4) is 0 Å². The molecule has 0 aliphatic heterocycles. The molecule has 0 heterocycles. The third kappa shape index (κ3) is 2.91. The minimum absolute atomic E-state index is 0.237. The Balaban J connectivity index is 2.31.